The van der Waals surface area contributed by atoms with Crippen LogP contribution in [0.1, 0.15) is 36.8 Å². The van der Waals surface area contributed by atoms with Gasteiger partial charge >= 0.3 is 0 Å². The van der Waals surface area contributed by atoms with E-state index in [4.69, 9.17) is 4.74 Å². The number of aryl methyl sites for hydroxylation is 1. The molecule has 4 nitrogen and oxygen atoms in total. The van der Waals surface area contributed by atoms with Crippen LogP contribution in [0, 0.1) is 0 Å². The molecule has 0 amide bonds. The van der Waals surface area contributed by atoms with Crippen LogP contribution in [0.25, 0.3) is 0 Å². The number of aromatic nitrogens is 1. The minimum atomic E-state index is -0.184. The average molecular weight is 311 g/mol. The molecule has 1 saturated heterocycles. The van der Waals surface area contributed by atoms with Crippen LogP contribution in [0.5, 0.6) is 11.6 Å². The summed E-state index contributed by atoms with van der Waals surface area (Å²) in [7, 11) is 0. The van der Waals surface area contributed by atoms with E-state index in [1.165, 1.54) is 5.56 Å². The molecule has 1 aromatic carbocycles. The van der Waals surface area contributed by atoms with Gasteiger partial charge in [0.05, 0.1) is 0 Å². The molecule has 0 saturated carbocycles. The topological polar surface area (TPSA) is 54.0 Å². The van der Waals surface area contributed by atoms with Gasteiger partial charge in [-0.05, 0) is 48.7 Å². The molecule has 2 aromatic rings. The fourth-order valence-electron chi connectivity index (χ4n) is 3.16. The summed E-state index contributed by atoms with van der Waals surface area (Å²) in [5.74, 6) is 0.892. The van der Waals surface area contributed by atoms with Gasteiger partial charge in [0.1, 0.15) is 11.9 Å². The SMILES string of the molecule is CCCc1ccc(OC2CCNCC2c2ccnc([O])c2)cc1. The van der Waals surface area contributed by atoms with E-state index in [0.717, 1.165) is 43.7 Å². The van der Waals surface area contributed by atoms with Gasteiger partial charge < -0.3 is 10.1 Å². The standard InChI is InChI=1S/C19H23N2O2/c1-2-3-14-4-6-16(7-5-14)23-18-9-10-20-13-17(18)15-8-11-21-19(22)12-15/h4-8,11-12,17-18,20H,2-3,9-10,13H2,1H3. The highest BCUT2D eigenvalue weighted by Gasteiger charge is 2.28. The molecule has 121 valence electrons. The molecule has 23 heavy (non-hydrogen) atoms. The lowest BCUT2D eigenvalue weighted by Gasteiger charge is -2.32. The highest BCUT2D eigenvalue weighted by Crippen LogP contribution is 2.29. The van der Waals surface area contributed by atoms with Crippen LogP contribution in [0.4, 0.5) is 0 Å². The van der Waals surface area contributed by atoms with Crippen molar-refractivity contribution in [3.8, 4) is 11.6 Å². The van der Waals surface area contributed by atoms with Crippen LogP contribution >= 0.6 is 0 Å². The van der Waals surface area contributed by atoms with E-state index in [2.05, 4.69) is 41.5 Å². The van der Waals surface area contributed by atoms with Crippen molar-refractivity contribution in [2.24, 2.45) is 0 Å². The van der Waals surface area contributed by atoms with E-state index in [1.807, 2.05) is 6.07 Å². The molecule has 0 bridgehead atoms. The first-order chi connectivity index (χ1) is 11.3. The van der Waals surface area contributed by atoms with E-state index >= 15 is 0 Å². The maximum absolute atomic E-state index is 11.5. The zero-order valence-electron chi connectivity index (χ0n) is 13.5. The van der Waals surface area contributed by atoms with Crippen molar-refractivity contribution in [1.82, 2.24) is 10.3 Å². The molecule has 0 spiro atoms. The molecule has 0 aliphatic carbocycles. The molecular formula is C19H23N2O2. The van der Waals surface area contributed by atoms with Crippen LogP contribution in [-0.4, -0.2) is 24.2 Å². The largest absolute Gasteiger partial charge is 0.490 e. The lowest BCUT2D eigenvalue weighted by Crippen LogP contribution is -2.41. The Morgan fingerprint density at radius 3 is 2.83 bits per heavy atom. The summed E-state index contributed by atoms with van der Waals surface area (Å²) in [5, 5.41) is 14.9. The van der Waals surface area contributed by atoms with Gasteiger partial charge in [-0.3, -0.25) is 5.11 Å². The number of benzene rings is 1. The second kappa shape index (κ2) is 7.47. The van der Waals surface area contributed by atoms with E-state index in [-0.39, 0.29) is 17.9 Å². The predicted molar refractivity (Wildman–Crippen MR) is 89.5 cm³/mol. The Hall–Kier alpha value is -2.07. The van der Waals surface area contributed by atoms with Gasteiger partial charge in [0.2, 0.25) is 0 Å². The average Bonchev–Trinajstić information content (AvgIpc) is 2.57. The second-order valence-electron chi connectivity index (χ2n) is 6.08. The first-order valence-electron chi connectivity index (χ1n) is 8.35. The quantitative estimate of drug-likeness (QED) is 0.916. The first kappa shape index (κ1) is 15.8. The summed E-state index contributed by atoms with van der Waals surface area (Å²) in [6, 6.07) is 11.9. The Balaban J connectivity index is 1.73. The highest BCUT2D eigenvalue weighted by atomic mass is 16.5. The van der Waals surface area contributed by atoms with Gasteiger partial charge in [0.25, 0.3) is 5.88 Å². The van der Waals surface area contributed by atoms with Crippen molar-refractivity contribution >= 4 is 0 Å². The molecule has 1 aliphatic rings. The minimum Gasteiger partial charge on any atom is -0.490 e. The zero-order chi connectivity index (χ0) is 16.1. The van der Waals surface area contributed by atoms with Crippen LogP contribution in [0.3, 0.4) is 0 Å². The van der Waals surface area contributed by atoms with Gasteiger partial charge in [-0.15, -0.1) is 0 Å². The summed E-state index contributed by atoms with van der Waals surface area (Å²) in [4.78, 5) is 3.75. The maximum Gasteiger partial charge on any atom is 0.269 e. The summed E-state index contributed by atoms with van der Waals surface area (Å²) >= 11 is 0. The summed E-state index contributed by atoms with van der Waals surface area (Å²) in [6.45, 7) is 3.94. The van der Waals surface area contributed by atoms with Crippen molar-refractivity contribution in [1.29, 1.82) is 0 Å². The van der Waals surface area contributed by atoms with E-state index < -0.39 is 0 Å². The zero-order valence-corrected chi connectivity index (χ0v) is 13.5. The van der Waals surface area contributed by atoms with E-state index in [0.29, 0.717) is 0 Å². The van der Waals surface area contributed by atoms with Gasteiger partial charge in [-0.1, -0.05) is 25.5 Å². The van der Waals surface area contributed by atoms with Crippen LogP contribution < -0.4 is 10.1 Å². The Labute approximate surface area is 137 Å². The lowest BCUT2D eigenvalue weighted by molar-refractivity contribution is 0.138. The molecule has 2 atom stereocenters. The van der Waals surface area contributed by atoms with Crippen LogP contribution in [0.15, 0.2) is 42.6 Å². The number of hydrogen-bond acceptors (Lipinski definition) is 3. The first-order valence-corrected chi connectivity index (χ1v) is 8.35. The van der Waals surface area contributed by atoms with Gasteiger partial charge in [-0.2, -0.15) is 0 Å². The number of nitrogens with one attached hydrogen (secondary N) is 1. The number of rotatable bonds is 5. The Morgan fingerprint density at radius 2 is 2.09 bits per heavy atom. The Morgan fingerprint density at radius 1 is 1.26 bits per heavy atom. The number of piperidine rings is 1. The predicted octanol–water partition coefficient (Wildman–Crippen LogP) is 3.70. The van der Waals surface area contributed by atoms with Crippen molar-refractivity contribution in [3.05, 3.63) is 53.7 Å². The van der Waals surface area contributed by atoms with Crippen LogP contribution in [-0.2, 0) is 11.5 Å². The van der Waals surface area contributed by atoms with E-state index in [1.54, 1.807) is 12.3 Å². The lowest BCUT2D eigenvalue weighted by atomic mass is 9.89. The monoisotopic (exact) mass is 311 g/mol. The van der Waals surface area contributed by atoms with Crippen molar-refractivity contribution in [2.75, 3.05) is 13.1 Å². The molecule has 1 aliphatic heterocycles. The maximum atomic E-state index is 11.5. The van der Waals surface area contributed by atoms with Gasteiger partial charge in [0, 0.05) is 24.7 Å². The second-order valence-corrected chi connectivity index (χ2v) is 6.08. The summed E-state index contributed by atoms with van der Waals surface area (Å²) in [6.07, 6.45) is 4.84. The van der Waals surface area contributed by atoms with Gasteiger partial charge in [-0.25, -0.2) is 4.98 Å². The molecule has 2 unspecified atom stereocenters. The smallest absolute Gasteiger partial charge is 0.269 e. The van der Waals surface area contributed by atoms with E-state index in [9.17, 15) is 5.11 Å². The summed E-state index contributed by atoms with van der Waals surface area (Å²) in [5.41, 5.74) is 2.34. The Bertz CT molecular complexity index is 628. The molecule has 3 rings (SSSR count). The number of nitrogens with zero attached hydrogens (tertiary/aromatic N) is 1. The van der Waals surface area contributed by atoms with Gasteiger partial charge in [0.15, 0.2) is 0 Å². The molecular weight excluding hydrogens is 288 g/mol. The third kappa shape index (κ3) is 4.02. The molecule has 2 heterocycles. The minimum absolute atomic E-state index is 0.0788. The molecule has 1 radical (unpaired) electrons. The molecule has 4 heteroatoms. The van der Waals surface area contributed by atoms with Crippen molar-refractivity contribution in [3.63, 3.8) is 0 Å². The molecule has 1 fully saturated rings. The number of ether oxygens (including phenoxy) is 1. The normalized spacial score (nSPS) is 21.1. The molecule has 1 N–H and O–H groups in total. The Kier molecular flexibility index (Phi) is 5.13. The molecule has 1 aromatic heterocycles. The third-order valence-corrected chi connectivity index (χ3v) is 4.36. The number of pyridine rings is 1. The fraction of sp³-hybridized carbons (Fsp3) is 0.421. The highest BCUT2D eigenvalue weighted by molar-refractivity contribution is 5.29. The fourth-order valence-corrected chi connectivity index (χ4v) is 3.16. The van der Waals surface area contributed by atoms with Crippen LogP contribution in [0.2, 0.25) is 0 Å². The van der Waals surface area contributed by atoms with Crippen molar-refractivity contribution < 1.29 is 9.84 Å². The summed E-state index contributed by atoms with van der Waals surface area (Å²) < 4.78 is 6.23. The van der Waals surface area contributed by atoms with Crippen molar-refractivity contribution in [2.45, 2.75) is 38.2 Å². The number of hydrogen-bond donors (Lipinski definition) is 1. The third-order valence-electron chi connectivity index (χ3n) is 4.36.